The van der Waals surface area contributed by atoms with Crippen molar-refractivity contribution in [2.45, 2.75) is 37.8 Å². The molecule has 4 rings (SSSR count). The van der Waals surface area contributed by atoms with E-state index in [-0.39, 0.29) is 24.0 Å². The maximum atomic E-state index is 12.6. The van der Waals surface area contributed by atoms with Gasteiger partial charge in [0.05, 0.1) is 6.10 Å². The van der Waals surface area contributed by atoms with Crippen molar-refractivity contribution in [2.24, 2.45) is 5.92 Å². The van der Waals surface area contributed by atoms with Crippen molar-refractivity contribution in [1.29, 1.82) is 0 Å². The van der Waals surface area contributed by atoms with Gasteiger partial charge in [0, 0.05) is 36.9 Å². The predicted octanol–water partition coefficient (Wildman–Crippen LogP) is 2.57. The fourth-order valence-electron chi connectivity index (χ4n) is 3.77. The number of nitrogens with zero attached hydrogens (tertiary/aromatic N) is 2. The van der Waals surface area contributed by atoms with Gasteiger partial charge >= 0.3 is 0 Å². The molecule has 1 aromatic carbocycles. The van der Waals surface area contributed by atoms with Crippen molar-refractivity contribution < 1.29 is 9.90 Å². The van der Waals surface area contributed by atoms with Gasteiger partial charge in [-0.3, -0.25) is 9.78 Å². The topological polar surface area (TPSA) is 65.5 Å². The number of hydrogen-bond donors (Lipinski definition) is 2. The second-order valence-corrected chi connectivity index (χ2v) is 7.51. The van der Waals surface area contributed by atoms with Crippen LogP contribution in [-0.2, 0) is 0 Å². The summed E-state index contributed by atoms with van der Waals surface area (Å²) in [7, 11) is 0. The summed E-state index contributed by atoms with van der Waals surface area (Å²) < 4.78 is 0. The van der Waals surface area contributed by atoms with E-state index in [0.29, 0.717) is 11.6 Å². The number of amides is 1. The van der Waals surface area contributed by atoms with Crippen molar-refractivity contribution in [3.8, 4) is 0 Å². The molecule has 1 aromatic heterocycles. The zero-order chi connectivity index (χ0) is 18.1. The second kappa shape index (κ2) is 7.08. The van der Waals surface area contributed by atoms with Crippen LogP contribution < -0.4 is 10.2 Å². The fraction of sp³-hybridized carbons (Fsp3) is 0.429. The summed E-state index contributed by atoms with van der Waals surface area (Å²) in [5.41, 5.74) is 2.74. The molecular weight excluding hydrogens is 326 g/mol. The molecule has 1 saturated heterocycles. The number of rotatable bonds is 4. The van der Waals surface area contributed by atoms with Crippen molar-refractivity contribution in [1.82, 2.24) is 10.3 Å². The lowest BCUT2D eigenvalue weighted by molar-refractivity contribution is 0.0942. The van der Waals surface area contributed by atoms with Gasteiger partial charge in [0.2, 0.25) is 0 Å². The number of hydrogen-bond acceptors (Lipinski definition) is 4. The molecule has 26 heavy (non-hydrogen) atoms. The minimum Gasteiger partial charge on any atom is -0.393 e. The molecule has 0 unspecified atom stereocenters. The third-order valence-corrected chi connectivity index (χ3v) is 5.54. The Labute approximate surface area is 154 Å². The Bertz CT molecular complexity index is 780. The molecule has 1 saturated carbocycles. The smallest absolute Gasteiger partial charge is 0.270 e. The molecule has 1 amide bonds. The molecule has 5 heteroatoms. The highest BCUT2D eigenvalue weighted by molar-refractivity contribution is 5.93. The Morgan fingerprint density at radius 3 is 2.85 bits per heavy atom. The quantitative estimate of drug-likeness (QED) is 0.889. The zero-order valence-electron chi connectivity index (χ0n) is 15.0. The molecule has 136 valence electrons. The standard InChI is InChI=1S/C21H25N3O2/c1-14-13-24(10-8-20(14)25)16-7-9-22-19(11-16)21(26)23-18-12-17(18)15-5-3-2-4-6-15/h2-7,9,11,14,17-18,20,25H,8,10,12-13H2,1H3,(H,23,26)/t14-,17-,18+,20+/m0/s1. The first-order valence-corrected chi connectivity index (χ1v) is 9.36. The minimum absolute atomic E-state index is 0.111. The molecule has 1 aliphatic heterocycles. The van der Waals surface area contributed by atoms with Gasteiger partial charge in [-0.05, 0) is 36.5 Å². The third-order valence-electron chi connectivity index (χ3n) is 5.54. The van der Waals surface area contributed by atoms with Crippen molar-refractivity contribution in [3.05, 3.63) is 59.9 Å². The first kappa shape index (κ1) is 17.0. The predicted molar refractivity (Wildman–Crippen MR) is 101 cm³/mol. The molecular formula is C21H25N3O2. The van der Waals surface area contributed by atoms with E-state index in [2.05, 4.69) is 34.3 Å². The molecule has 2 aliphatic rings. The monoisotopic (exact) mass is 351 g/mol. The Balaban J connectivity index is 1.40. The molecule has 4 atom stereocenters. The number of anilines is 1. The van der Waals surface area contributed by atoms with E-state index in [1.54, 1.807) is 6.20 Å². The van der Waals surface area contributed by atoms with E-state index in [0.717, 1.165) is 31.6 Å². The fourth-order valence-corrected chi connectivity index (χ4v) is 3.77. The average molecular weight is 351 g/mol. The zero-order valence-corrected chi connectivity index (χ0v) is 15.0. The van der Waals surface area contributed by atoms with Gasteiger partial charge in [-0.15, -0.1) is 0 Å². The highest BCUT2D eigenvalue weighted by Gasteiger charge is 2.39. The summed E-state index contributed by atoms with van der Waals surface area (Å²) in [5, 5.41) is 13.0. The number of piperidine rings is 1. The number of carbonyl (C=O) groups is 1. The summed E-state index contributed by atoms with van der Waals surface area (Å²) in [4.78, 5) is 19.1. The minimum atomic E-state index is -0.236. The Morgan fingerprint density at radius 1 is 1.27 bits per heavy atom. The maximum absolute atomic E-state index is 12.6. The van der Waals surface area contributed by atoms with Crippen LogP contribution in [0.5, 0.6) is 0 Å². The summed E-state index contributed by atoms with van der Waals surface area (Å²) >= 11 is 0. The Hall–Kier alpha value is -2.40. The largest absolute Gasteiger partial charge is 0.393 e. The summed E-state index contributed by atoms with van der Waals surface area (Å²) in [6.45, 7) is 3.66. The molecule has 0 spiro atoms. The number of aliphatic hydroxyl groups is 1. The van der Waals surface area contributed by atoms with E-state index in [1.165, 1.54) is 5.56 Å². The van der Waals surface area contributed by atoms with Crippen LogP contribution in [-0.4, -0.2) is 41.2 Å². The van der Waals surface area contributed by atoms with Gasteiger partial charge in [-0.2, -0.15) is 0 Å². The van der Waals surface area contributed by atoms with Crippen LogP contribution in [0.3, 0.4) is 0 Å². The van der Waals surface area contributed by atoms with Gasteiger partial charge in [0.25, 0.3) is 5.91 Å². The highest BCUT2D eigenvalue weighted by atomic mass is 16.3. The van der Waals surface area contributed by atoms with E-state index >= 15 is 0 Å². The third kappa shape index (κ3) is 3.58. The van der Waals surface area contributed by atoms with Gasteiger partial charge in [0.15, 0.2) is 0 Å². The van der Waals surface area contributed by atoms with E-state index < -0.39 is 0 Å². The number of pyridine rings is 1. The van der Waals surface area contributed by atoms with Gasteiger partial charge in [0.1, 0.15) is 5.69 Å². The summed E-state index contributed by atoms with van der Waals surface area (Å²) in [6.07, 6.45) is 3.20. The lowest BCUT2D eigenvalue weighted by Crippen LogP contribution is -2.42. The van der Waals surface area contributed by atoms with Gasteiger partial charge in [-0.1, -0.05) is 37.3 Å². The first-order chi connectivity index (χ1) is 12.6. The highest BCUT2D eigenvalue weighted by Crippen LogP contribution is 2.40. The van der Waals surface area contributed by atoms with Crippen LogP contribution in [0, 0.1) is 5.92 Å². The van der Waals surface area contributed by atoms with Crippen molar-refractivity contribution >= 4 is 11.6 Å². The number of benzene rings is 1. The second-order valence-electron chi connectivity index (χ2n) is 7.51. The molecule has 5 nitrogen and oxygen atoms in total. The maximum Gasteiger partial charge on any atom is 0.270 e. The number of nitrogens with one attached hydrogen (secondary N) is 1. The normalized spacial score (nSPS) is 27.8. The van der Waals surface area contributed by atoms with Crippen LogP contribution in [0.4, 0.5) is 5.69 Å². The first-order valence-electron chi connectivity index (χ1n) is 9.36. The lowest BCUT2D eigenvalue weighted by atomic mass is 9.96. The summed E-state index contributed by atoms with van der Waals surface area (Å²) in [5.74, 6) is 0.528. The van der Waals surface area contributed by atoms with Crippen LogP contribution >= 0.6 is 0 Å². The average Bonchev–Trinajstić information content (AvgIpc) is 3.44. The molecule has 2 fully saturated rings. The Morgan fingerprint density at radius 2 is 2.08 bits per heavy atom. The van der Waals surface area contributed by atoms with E-state index in [1.807, 2.05) is 30.3 Å². The Kier molecular flexibility index (Phi) is 4.64. The van der Waals surface area contributed by atoms with Crippen LogP contribution in [0.2, 0.25) is 0 Å². The number of carbonyl (C=O) groups excluding carboxylic acids is 1. The lowest BCUT2D eigenvalue weighted by Gasteiger charge is -2.36. The SMILES string of the molecule is C[C@H]1CN(c2ccnc(C(=O)N[C@@H]3C[C@H]3c3ccccc3)c2)CC[C@H]1O. The van der Waals surface area contributed by atoms with Gasteiger partial charge in [-0.25, -0.2) is 0 Å². The molecule has 2 aromatic rings. The van der Waals surface area contributed by atoms with Crippen LogP contribution in [0.15, 0.2) is 48.7 Å². The molecule has 0 radical (unpaired) electrons. The van der Waals surface area contributed by atoms with E-state index in [4.69, 9.17) is 0 Å². The molecule has 2 N–H and O–H groups in total. The van der Waals surface area contributed by atoms with Crippen LogP contribution in [0.25, 0.3) is 0 Å². The van der Waals surface area contributed by atoms with Crippen LogP contribution in [0.1, 0.15) is 41.7 Å². The number of aliphatic hydroxyl groups excluding tert-OH is 1. The van der Waals surface area contributed by atoms with Gasteiger partial charge < -0.3 is 15.3 Å². The molecule has 1 aliphatic carbocycles. The van der Waals surface area contributed by atoms with E-state index in [9.17, 15) is 9.90 Å². The molecule has 2 heterocycles. The molecule has 0 bridgehead atoms. The summed E-state index contributed by atoms with van der Waals surface area (Å²) in [6, 6.07) is 14.3. The van der Waals surface area contributed by atoms with Crippen molar-refractivity contribution in [2.75, 3.05) is 18.0 Å². The van der Waals surface area contributed by atoms with Crippen molar-refractivity contribution in [3.63, 3.8) is 0 Å². The number of aromatic nitrogens is 1.